The van der Waals surface area contributed by atoms with E-state index >= 15 is 0 Å². The van der Waals surface area contributed by atoms with Gasteiger partial charge >= 0.3 is 9.28 Å². The molecule has 1 saturated heterocycles. The summed E-state index contributed by atoms with van der Waals surface area (Å²) in [6.45, 7) is 9.52. The minimum absolute atomic E-state index is 0.0419. The quantitative estimate of drug-likeness (QED) is 0.383. The number of ether oxygens (including phenoxy) is 1. The molecule has 126 valence electrons. The summed E-state index contributed by atoms with van der Waals surface area (Å²) < 4.78 is 5.50. The maximum absolute atomic E-state index is 9.98. The molecule has 0 saturated carbocycles. The summed E-state index contributed by atoms with van der Waals surface area (Å²) >= 11 is 0. The van der Waals surface area contributed by atoms with Gasteiger partial charge in [0.15, 0.2) is 0 Å². The fourth-order valence-corrected chi connectivity index (χ4v) is 3.77. The van der Waals surface area contributed by atoms with Crippen LogP contribution in [0.5, 0.6) is 0 Å². The second-order valence-corrected chi connectivity index (χ2v) is 8.13. The Bertz CT molecular complexity index is 266. The first-order valence-electron chi connectivity index (χ1n) is 7.93. The fraction of sp³-hybridized carbons (Fsp3) is 1.00. The second kappa shape index (κ2) is 9.89. The number of hydrogen-bond acceptors (Lipinski definition) is 6. The predicted octanol–water partition coefficient (Wildman–Crippen LogP) is -0.767. The summed E-state index contributed by atoms with van der Waals surface area (Å²) in [6.07, 6.45) is 0.185. The molecule has 6 nitrogen and oxygen atoms in total. The molecule has 1 rings (SSSR count). The van der Waals surface area contributed by atoms with Crippen molar-refractivity contribution in [2.45, 2.75) is 31.9 Å². The fourth-order valence-electron chi connectivity index (χ4n) is 2.65. The van der Waals surface area contributed by atoms with E-state index in [2.05, 4.69) is 16.8 Å². The van der Waals surface area contributed by atoms with Crippen LogP contribution in [-0.2, 0) is 4.74 Å². The van der Waals surface area contributed by atoms with Crippen molar-refractivity contribution >= 4 is 9.28 Å². The standard InChI is InChI=1S/C14H32N2O4Si/c1-12(2)14(21(18)19)4-9-20-11-13(17)10-16-7-5-15(3)6-8-16/h12-14,17-19,21H,4-11H2,1-3H3. The molecule has 0 aliphatic carbocycles. The lowest BCUT2D eigenvalue weighted by Crippen LogP contribution is -2.47. The van der Waals surface area contributed by atoms with Gasteiger partial charge in [0.1, 0.15) is 0 Å². The first-order chi connectivity index (χ1) is 9.90. The number of likely N-dealkylation sites (N-methyl/N-ethyl adjacent to an activating group) is 1. The first kappa shape index (κ1) is 19.0. The first-order valence-corrected chi connectivity index (χ1v) is 9.63. The summed E-state index contributed by atoms with van der Waals surface area (Å²) in [4.78, 5) is 23.4. The molecular formula is C14H32N2O4Si. The van der Waals surface area contributed by atoms with Crippen molar-refractivity contribution < 1.29 is 19.4 Å². The molecule has 0 spiro atoms. The van der Waals surface area contributed by atoms with Crippen molar-refractivity contribution in [2.75, 3.05) is 53.0 Å². The Morgan fingerprint density at radius 1 is 1.14 bits per heavy atom. The molecule has 1 aliphatic rings. The molecule has 7 heteroatoms. The van der Waals surface area contributed by atoms with Gasteiger partial charge in [-0.25, -0.2) is 0 Å². The van der Waals surface area contributed by atoms with E-state index in [1.54, 1.807) is 0 Å². The Kier molecular flexibility index (Phi) is 8.96. The Morgan fingerprint density at radius 2 is 1.76 bits per heavy atom. The smallest absolute Gasteiger partial charge is 0.319 e. The topological polar surface area (TPSA) is 76.4 Å². The van der Waals surface area contributed by atoms with E-state index in [9.17, 15) is 14.7 Å². The van der Waals surface area contributed by atoms with Crippen LogP contribution in [0.3, 0.4) is 0 Å². The number of piperazine rings is 1. The summed E-state index contributed by atoms with van der Waals surface area (Å²) in [5.41, 5.74) is -0.0419. The molecular weight excluding hydrogens is 288 g/mol. The van der Waals surface area contributed by atoms with Gasteiger partial charge in [-0.15, -0.1) is 0 Å². The Morgan fingerprint density at radius 3 is 2.29 bits per heavy atom. The maximum atomic E-state index is 9.98. The third kappa shape index (κ3) is 7.69. The molecule has 0 radical (unpaired) electrons. The van der Waals surface area contributed by atoms with E-state index in [-0.39, 0.29) is 11.5 Å². The van der Waals surface area contributed by atoms with Crippen LogP contribution < -0.4 is 0 Å². The maximum Gasteiger partial charge on any atom is 0.319 e. The van der Waals surface area contributed by atoms with Gasteiger partial charge < -0.3 is 24.3 Å². The molecule has 2 atom stereocenters. The average molecular weight is 321 g/mol. The number of hydrogen-bond donors (Lipinski definition) is 3. The highest BCUT2D eigenvalue weighted by Gasteiger charge is 2.23. The zero-order valence-corrected chi connectivity index (χ0v) is 14.8. The van der Waals surface area contributed by atoms with Crippen LogP contribution in [0.15, 0.2) is 0 Å². The van der Waals surface area contributed by atoms with Gasteiger partial charge in [-0.05, 0) is 19.4 Å². The van der Waals surface area contributed by atoms with Gasteiger partial charge in [0, 0.05) is 44.9 Å². The molecule has 0 aromatic carbocycles. The highest BCUT2D eigenvalue weighted by Crippen LogP contribution is 2.23. The monoisotopic (exact) mass is 320 g/mol. The lowest BCUT2D eigenvalue weighted by molar-refractivity contribution is 0.00706. The molecule has 0 amide bonds. The van der Waals surface area contributed by atoms with Crippen LogP contribution in [0.4, 0.5) is 0 Å². The highest BCUT2D eigenvalue weighted by atomic mass is 28.3. The minimum Gasteiger partial charge on any atom is -0.413 e. The van der Waals surface area contributed by atoms with Crippen LogP contribution in [0.2, 0.25) is 5.54 Å². The number of rotatable bonds is 9. The molecule has 1 aliphatic heterocycles. The van der Waals surface area contributed by atoms with Crippen molar-refractivity contribution in [3.05, 3.63) is 0 Å². The van der Waals surface area contributed by atoms with Crippen LogP contribution in [-0.4, -0.2) is 92.9 Å². The molecule has 21 heavy (non-hydrogen) atoms. The molecule has 0 aromatic rings. The van der Waals surface area contributed by atoms with E-state index < -0.39 is 15.4 Å². The third-order valence-electron chi connectivity index (χ3n) is 4.21. The van der Waals surface area contributed by atoms with Crippen LogP contribution in [0.1, 0.15) is 20.3 Å². The number of aliphatic hydroxyl groups is 1. The lowest BCUT2D eigenvalue weighted by atomic mass is 10.1. The van der Waals surface area contributed by atoms with E-state index in [1.807, 2.05) is 13.8 Å². The molecule has 0 aromatic heterocycles. The molecule has 3 N–H and O–H groups in total. The number of aliphatic hydroxyl groups excluding tert-OH is 1. The molecule has 2 unspecified atom stereocenters. The van der Waals surface area contributed by atoms with Crippen molar-refractivity contribution in [1.82, 2.24) is 9.80 Å². The van der Waals surface area contributed by atoms with Gasteiger partial charge in [0.05, 0.1) is 12.7 Å². The lowest BCUT2D eigenvalue weighted by Gasteiger charge is -2.33. The average Bonchev–Trinajstić information content (AvgIpc) is 2.40. The van der Waals surface area contributed by atoms with Crippen molar-refractivity contribution in [3.8, 4) is 0 Å². The van der Waals surface area contributed by atoms with Crippen LogP contribution in [0.25, 0.3) is 0 Å². The van der Waals surface area contributed by atoms with Crippen molar-refractivity contribution in [1.29, 1.82) is 0 Å². The highest BCUT2D eigenvalue weighted by molar-refractivity contribution is 6.43. The largest absolute Gasteiger partial charge is 0.413 e. The summed E-state index contributed by atoms with van der Waals surface area (Å²) in [6, 6.07) is 0. The Hall–Kier alpha value is -0.0231. The van der Waals surface area contributed by atoms with E-state index in [1.165, 1.54) is 0 Å². The summed E-state index contributed by atoms with van der Waals surface area (Å²) in [5, 5.41) is 9.98. The summed E-state index contributed by atoms with van der Waals surface area (Å²) in [5.74, 6) is 0.260. The molecule has 0 bridgehead atoms. The third-order valence-corrected chi connectivity index (χ3v) is 6.08. The Labute approximate surface area is 130 Å². The van der Waals surface area contributed by atoms with Gasteiger partial charge in [-0.1, -0.05) is 13.8 Å². The predicted molar refractivity (Wildman–Crippen MR) is 85.6 cm³/mol. The zero-order valence-electron chi connectivity index (χ0n) is 13.6. The normalized spacial score (nSPS) is 21.1. The second-order valence-electron chi connectivity index (χ2n) is 6.44. The van der Waals surface area contributed by atoms with E-state index in [0.29, 0.717) is 26.2 Å². The van der Waals surface area contributed by atoms with Crippen molar-refractivity contribution in [3.63, 3.8) is 0 Å². The molecule has 1 heterocycles. The van der Waals surface area contributed by atoms with Crippen LogP contribution >= 0.6 is 0 Å². The van der Waals surface area contributed by atoms with E-state index in [4.69, 9.17) is 4.74 Å². The van der Waals surface area contributed by atoms with Gasteiger partial charge in [0.2, 0.25) is 0 Å². The van der Waals surface area contributed by atoms with Crippen molar-refractivity contribution in [2.24, 2.45) is 5.92 Å². The zero-order chi connectivity index (χ0) is 15.8. The van der Waals surface area contributed by atoms with Crippen LogP contribution in [0, 0.1) is 5.92 Å². The van der Waals surface area contributed by atoms with Gasteiger partial charge in [-0.2, -0.15) is 0 Å². The van der Waals surface area contributed by atoms with Gasteiger partial charge in [0.25, 0.3) is 0 Å². The minimum atomic E-state index is -2.60. The summed E-state index contributed by atoms with van der Waals surface area (Å²) in [7, 11) is -0.490. The number of β-amino-alcohol motifs (C(OH)–C–C–N with tert-alkyl or cyclic N) is 1. The Balaban J connectivity index is 2.11. The van der Waals surface area contributed by atoms with Gasteiger partial charge in [-0.3, -0.25) is 4.90 Å². The van der Waals surface area contributed by atoms with E-state index in [0.717, 1.165) is 26.2 Å². The number of nitrogens with zero attached hydrogens (tertiary/aromatic N) is 2. The SMILES string of the molecule is CC(C)C(CCOCC(O)CN1CCN(C)CC1)[SiH](O)O. The molecule has 1 fully saturated rings.